The van der Waals surface area contributed by atoms with Gasteiger partial charge in [-0.1, -0.05) is 18.6 Å². The van der Waals surface area contributed by atoms with Crippen LogP contribution in [0.25, 0.3) is 0 Å². The Morgan fingerprint density at radius 1 is 0.712 bits per heavy atom. The molecule has 0 spiro atoms. The average molecular weight is 939 g/mol. The first-order valence-corrected chi connectivity index (χ1v) is 24.3. The molecule has 24 atom stereocenters. The fourth-order valence-corrected chi connectivity index (χ4v) is 12.7. The van der Waals surface area contributed by atoms with Crippen molar-refractivity contribution in [1.29, 1.82) is 0 Å². The van der Waals surface area contributed by atoms with Gasteiger partial charge in [-0.25, -0.2) is 0 Å². The molecule has 9 aliphatic rings. The molecule has 0 aromatic heterocycles. The van der Waals surface area contributed by atoms with Gasteiger partial charge in [0.25, 0.3) is 0 Å². The number of esters is 1. The van der Waals surface area contributed by atoms with Gasteiger partial charge < -0.3 is 81.6 Å². The van der Waals surface area contributed by atoms with Crippen LogP contribution in [0.5, 0.6) is 0 Å². The Kier molecular flexibility index (Phi) is 14.7. The molecule has 0 unspecified atom stereocenters. The van der Waals surface area contributed by atoms with Gasteiger partial charge in [-0.3, -0.25) is 4.79 Å². The summed E-state index contributed by atoms with van der Waals surface area (Å²) in [5.74, 6) is -1.15. The fraction of sp³-hybridized carbons (Fsp3) is 0.896. The molecule has 18 heteroatoms. The van der Waals surface area contributed by atoms with Crippen LogP contribution in [0, 0.1) is 23.2 Å². The summed E-state index contributed by atoms with van der Waals surface area (Å²) in [6.45, 7) is 11.9. The summed E-state index contributed by atoms with van der Waals surface area (Å²) in [5.41, 5.74) is 2.22. The van der Waals surface area contributed by atoms with Gasteiger partial charge in [0.1, 0.15) is 42.7 Å². The van der Waals surface area contributed by atoms with Crippen LogP contribution in [0.2, 0.25) is 0 Å². The van der Waals surface area contributed by atoms with E-state index in [2.05, 4.69) is 13.0 Å². The zero-order valence-corrected chi connectivity index (χ0v) is 39.9. The summed E-state index contributed by atoms with van der Waals surface area (Å²) in [6.07, 6.45) is -3.03. The number of hydrogen-bond acceptors (Lipinski definition) is 18. The lowest BCUT2D eigenvalue weighted by Crippen LogP contribution is -2.61. The zero-order valence-electron chi connectivity index (χ0n) is 39.9. The standard InChI is InChI=1S/C48H74O18/c1-22-39(50)32(53-7)18-36(58-22)65-42-24(3)60-37(19-33(42)54-8)64-41-23(2)59-35(17-31(41)49)66-43-25(4)61-46(40(51)44(43)55-9)62-28-14-15-47(5)27(16-28)11-12-29-30(47)13-10-26-20-56-48(6)38(26)34(21-57-48)63-45(29)52/h11,20,22-25,28-44,46,49-51H,10,12-19,21H2,1-9H3/t22-,23+,24+,25+,28-,29+,30-,31-,32+,33-,34+,35-,36+,37-,38+,39-,40+,41+,42+,43+,44+,46-,47-,48-/m0/s1. The molecule has 7 heterocycles. The van der Waals surface area contributed by atoms with Crippen LogP contribution in [0.3, 0.4) is 0 Å². The van der Waals surface area contributed by atoms with Gasteiger partial charge in [-0.15, -0.1) is 0 Å². The zero-order chi connectivity index (χ0) is 46.8. The highest BCUT2D eigenvalue weighted by molar-refractivity contribution is 5.74. The molecule has 0 aromatic carbocycles. The summed E-state index contributed by atoms with van der Waals surface area (Å²) >= 11 is 0. The van der Waals surface area contributed by atoms with Gasteiger partial charge in [-0.2, -0.15) is 0 Å². The van der Waals surface area contributed by atoms with Crippen LogP contribution in [0.1, 0.15) is 99.3 Å². The van der Waals surface area contributed by atoms with E-state index >= 15 is 0 Å². The maximum atomic E-state index is 13.8. The Morgan fingerprint density at radius 2 is 1.36 bits per heavy atom. The van der Waals surface area contributed by atoms with Crippen molar-refractivity contribution < 1.29 is 86.4 Å². The number of carbonyl (C=O) groups is 1. The molecule has 6 saturated heterocycles. The molecule has 0 radical (unpaired) electrons. The molecule has 3 N–H and O–H groups in total. The number of fused-ring (bicyclic) bond motifs is 3. The topological polar surface area (TPSA) is 207 Å². The lowest BCUT2D eigenvalue weighted by molar-refractivity contribution is -0.356. The van der Waals surface area contributed by atoms with Crippen molar-refractivity contribution in [1.82, 2.24) is 0 Å². The second-order valence-electron chi connectivity index (χ2n) is 20.6. The first-order valence-electron chi connectivity index (χ1n) is 24.3. The molecule has 0 amide bonds. The van der Waals surface area contributed by atoms with Crippen LogP contribution in [-0.4, -0.2) is 172 Å². The van der Waals surface area contributed by atoms with Crippen LogP contribution in [0.4, 0.5) is 0 Å². The second kappa shape index (κ2) is 19.7. The van der Waals surface area contributed by atoms with Crippen molar-refractivity contribution in [2.45, 2.75) is 222 Å². The molecule has 7 fully saturated rings. The van der Waals surface area contributed by atoms with Crippen molar-refractivity contribution in [3.8, 4) is 0 Å². The first kappa shape index (κ1) is 49.1. The van der Waals surface area contributed by atoms with E-state index in [0.29, 0.717) is 32.3 Å². The molecule has 18 nitrogen and oxygen atoms in total. The number of allylic oxidation sites excluding steroid dienone is 1. The highest BCUT2D eigenvalue weighted by Gasteiger charge is 2.58. The first-order chi connectivity index (χ1) is 31.5. The maximum Gasteiger partial charge on any atom is 0.309 e. The summed E-state index contributed by atoms with van der Waals surface area (Å²) < 4.78 is 85.9. The number of aliphatic hydroxyl groups excluding tert-OH is 3. The van der Waals surface area contributed by atoms with Gasteiger partial charge in [-0.05, 0) is 83.1 Å². The van der Waals surface area contributed by atoms with Crippen LogP contribution >= 0.6 is 0 Å². The molecule has 0 aromatic rings. The SMILES string of the molecule is CO[C@@H]1[C@@H](O)[C@H](O[C@H]2CC[C@@]3(C)C(=CC[C@H]4C(=O)O[C@@H]5CO[C@]6(C)OC=C(CC[C@@H]43)[C@H]56)C2)O[C@H](C)[C@H]1O[C@H]1C[C@H](O)[C@H](O[C@H]2C[C@H](OC)[C@H](O[C@@H]3C[C@@H](OC)[C@@H](O)[C@H](C)O3)[C@@H](C)O2)[C@@H](C)O1. The Labute approximate surface area is 388 Å². The molecule has 2 aliphatic carbocycles. The maximum absolute atomic E-state index is 13.8. The van der Waals surface area contributed by atoms with Gasteiger partial charge in [0.15, 0.2) is 25.2 Å². The second-order valence-corrected chi connectivity index (χ2v) is 20.6. The van der Waals surface area contributed by atoms with E-state index in [0.717, 1.165) is 31.3 Å². The quantitative estimate of drug-likeness (QED) is 0.200. The van der Waals surface area contributed by atoms with Crippen LogP contribution < -0.4 is 0 Å². The predicted octanol–water partition coefficient (Wildman–Crippen LogP) is 3.54. The summed E-state index contributed by atoms with van der Waals surface area (Å²) in [7, 11) is 4.68. The fourth-order valence-electron chi connectivity index (χ4n) is 12.7. The monoisotopic (exact) mass is 938 g/mol. The van der Waals surface area contributed by atoms with E-state index in [1.54, 1.807) is 21.1 Å². The number of ether oxygens (including phenoxy) is 14. The van der Waals surface area contributed by atoms with Gasteiger partial charge in [0, 0.05) is 47.5 Å². The third kappa shape index (κ3) is 9.29. The lowest BCUT2D eigenvalue weighted by Gasteiger charge is -2.51. The molecule has 66 heavy (non-hydrogen) atoms. The largest absolute Gasteiger partial charge is 0.469 e. The average Bonchev–Trinajstić information content (AvgIpc) is 3.80. The van der Waals surface area contributed by atoms with Crippen molar-refractivity contribution in [2.75, 3.05) is 27.9 Å². The number of carbonyl (C=O) groups excluding carboxylic acids is 1. The molecule has 9 rings (SSSR count). The normalized spacial score (nSPS) is 51.7. The van der Waals surface area contributed by atoms with E-state index in [1.807, 2.05) is 34.0 Å². The minimum absolute atomic E-state index is 0.0858. The van der Waals surface area contributed by atoms with E-state index in [-0.39, 0.29) is 47.8 Å². The summed E-state index contributed by atoms with van der Waals surface area (Å²) in [5, 5.41) is 33.6. The molecule has 0 bridgehead atoms. The molecular formula is C48H74O18. The minimum Gasteiger partial charge on any atom is -0.469 e. The van der Waals surface area contributed by atoms with E-state index < -0.39 is 110 Å². The highest BCUT2D eigenvalue weighted by atomic mass is 16.8. The van der Waals surface area contributed by atoms with Gasteiger partial charge >= 0.3 is 5.97 Å². The number of methoxy groups -OCH3 is 3. The van der Waals surface area contributed by atoms with Crippen LogP contribution in [-0.2, 0) is 71.1 Å². The van der Waals surface area contributed by atoms with Gasteiger partial charge in [0.05, 0.1) is 73.5 Å². The predicted molar refractivity (Wildman–Crippen MR) is 229 cm³/mol. The summed E-state index contributed by atoms with van der Waals surface area (Å²) in [4.78, 5) is 13.8. The molecule has 1 saturated carbocycles. The lowest BCUT2D eigenvalue weighted by atomic mass is 9.55. The smallest absolute Gasteiger partial charge is 0.309 e. The number of aliphatic hydroxyl groups is 3. The van der Waals surface area contributed by atoms with Crippen molar-refractivity contribution >= 4 is 5.97 Å². The molecular weight excluding hydrogens is 865 g/mol. The summed E-state index contributed by atoms with van der Waals surface area (Å²) in [6, 6.07) is 0. The third-order valence-corrected chi connectivity index (χ3v) is 16.5. The number of hydrogen-bond donors (Lipinski definition) is 3. The molecule has 374 valence electrons. The Bertz CT molecular complexity index is 1750. The Morgan fingerprint density at radius 3 is 2.08 bits per heavy atom. The number of rotatable bonds is 11. The Balaban J connectivity index is 0.769. The van der Waals surface area contributed by atoms with E-state index in [1.165, 1.54) is 12.7 Å². The van der Waals surface area contributed by atoms with E-state index in [4.69, 9.17) is 66.3 Å². The third-order valence-electron chi connectivity index (χ3n) is 16.5. The van der Waals surface area contributed by atoms with Gasteiger partial charge in [0.2, 0.25) is 5.79 Å². The minimum atomic E-state index is -1.18. The van der Waals surface area contributed by atoms with Crippen molar-refractivity contribution in [3.63, 3.8) is 0 Å². The van der Waals surface area contributed by atoms with Crippen molar-refractivity contribution in [3.05, 3.63) is 23.5 Å². The van der Waals surface area contributed by atoms with Crippen molar-refractivity contribution in [2.24, 2.45) is 23.2 Å². The Hall–Kier alpha value is -1.85. The molecule has 7 aliphatic heterocycles. The van der Waals surface area contributed by atoms with E-state index in [9.17, 15) is 20.1 Å². The highest BCUT2D eigenvalue weighted by Crippen LogP contribution is 2.57. The van der Waals surface area contributed by atoms with Crippen LogP contribution in [0.15, 0.2) is 23.5 Å².